The van der Waals surface area contributed by atoms with Gasteiger partial charge < -0.3 is 19.7 Å². The number of halogens is 1. The Hall–Kier alpha value is -2.75. The zero-order valence-electron chi connectivity index (χ0n) is 20.9. The van der Waals surface area contributed by atoms with Gasteiger partial charge in [-0.15, -0.1) is 0 Å². The lowest BCUT2D eigenvalue weighted by Crippen LogP contribution is -2.55. The van der Waals surface area contributed by atoms with Crippen LogP contribution in [0.25, 0.3) is 10.9 Å². The Kier molecular flexibility index (Phi) is 6.33. The van der Waals surface area contributed by atoms with Gasteiger partial charge in [-0.2, -0.15) is 0 Å². The molecule has 1 amide bonds. The largest absolute Gasteiger partial charge is 0.497 e. The van der Waals surface area contributed by atoms with Crippen molar-refractivity contribution in [2.75, 3.05) is 33.4 Å². The van der Waals surface area contributed by atoms with E-state index in [1.807, 2.05) is 23.1 Å². The van der Waals surface area contributed by atoms with Gasteiger partial charge >= 0.3 is 0 Å². The smallest absolute Gasteiger partial charge is 0.225 e. The maximum absolute atomic E-state index is 14.7. The quantitative estimate of drug-likeness (QED) is 0.526. The summed E-state index contributed by atoms with van der Waals surface area (Å²) in [6.45, 7) is 1.39. The molecule has 3 aromatic rings. The topological polar surface area (TPSA) is 85.9 Å². The molecule has 2 unspecified atom stereocenters. The number of amides is 1. The van der Waals surface area contributed by atoms with Crippen molar-refractivity contribution in [2.45, 2.75) is 48.5 Å². The molecule has 1 aromatic heterocycles. The summed E-state index contributed by atoms with van der Waals surface area (Å²) in [7, 11) is -0.197. The number of carbonyl (C=O) groups excluding carboxylic acids is 1. The van der Waals surface area contributed by atoms with E-state index < -0.39 is 28.3 Å². The molecule has 2 fully saturated rings. The molecule has 0 bridgehead atoms. The molecule has 196 valence electrons. The molecule has 2 aliphatic heterocycles. The van der Waals surface area contributed by atoms with Crippen LogP contribution in [0.4, 0.5) is 4.39 Å². The van der Waals surface area contributed by atoms with Crippen LogP contribution < -0.4 is 4.74 Å². The van der Waals surface area contributed by atoms with Crippen molar-refractivity contribution in [1.82, 2.24) is 14.2 Å². The molecule has 0 radical (unpaired) electrons. The van der Waals surface area contributed by atoms with Crippen LogP contribution in [0.1, 0.15) is 49.4 Å². The van der Waals surface area contributed by atoms with Gasteiger partial charge in [0.25, 0.3) is 0 Å². The minimum Gasteiger partial charge on any atom is -0.497 e. The van der Waals surface area contributed by atoms with Gasteiger partial charge in [0.15, 0.2) is 0 Å². The standard InChI is InChI=1S/C28H32FN3O4S/c1-36-19-9-10-20-22(15-19)30-26-23(16-33)32(37(35)24-8-3-2-7-21(24)29)17-28(25(20)26)11-13-31(14-12-28)27(34)18-5-4-6-18/h2-3,7-10,15,18,23,30,33H,4-6,11-14,16-17H2,1H3. The van der Waals surface area contributed by atoms with Crippen molar-refractivity contribution >= 4 is 27.8 Å². The third-order valence-corrected chi connectivity index (χ3v) is 10.1. The molecule has 1 spiro atoms. The predicted octanol–water partition coefficient (Wildman–Crippen LogP) is 4.05. The molecule has 3 heterocycles. The van der Waals surface area contributed by atoms with Gasteiger partial charge in [0, 0.05) is 53.6 Å². The molecular weight excluding hydrogens is 493 g/mol. The van der Waals surface area contributed by atoms with Gasteiger partial charge in [-0.1, -0.05) is 18.6 Å². The number of carbonyl (C=O) groups is 1. The Morgan fingerprint density at radius 3 is 2.62 bits per heavy atom. The molecule has 2 N–H and O–H groups in total. The third-order valence-electron chi connectivity index (χ3n) is 8.60. The van der Waals surface area contributed by atoms with E-state index in [0.29, 0.717) is 38.2 Å². The van der Waals surface area contributed by atoms with Crippen molar-refractivity contribution in [3.63, 3.8) is 0 Å². The van der Waals surface area contributed by atoms with E-state index in [1.54, 1.807) is 23.5 Å². The number of nitrogens with one attached hydrogen (secondary N) is 1. The van der Waals surface area contributed by atoms with Crippen LogP contribution in [0.15, 0.2) is 47.4 Å². The Morgan fingerprint density at radius 2 is 1.97 bits per heavy atom. The molecule has 2 aromatic carbocycles. The molecule has 1 aliphatic carbocycles. The number of hydrogen-bond donors (Lipinski definition) is 2. The second-order valence-electron chi connectivity index (χ2n) is 10.5. The minimum atomic E-state index is -1.82. The molecule has 1 saturated heterocycles. The lowest BCUT2D eigenvalue weighted by molar-refractivity contribution is -0.140. The number of aromatic amines is 1. The van der Waals surface area contributed by atoms with E-state index in [0.717, 1.165) is 41.4 Å². The van der Waals surface area contributed by atoms with E-state index in [-0.39, 0.29) is 23.3 Å². The highest BCUT2D eigenvalue weighted by Gasteiger charge is 2.50. The van der Waals surface area contributed by atoms with Crippen LogP contribution in [0, 0.1) is 11.7 Å². The number of hydrogen-bond acceptors (Lipinski definition) is 4. The second-order valence-corrected chi connectivity index (χ2v) is 11.9. The van der Waals surface area contributed by atoms with Gasteiger partial charge in [-0.05, 0) is 55.5 Å². The van der Waals surface area contributed by atoms with Crippen LogP contribution in [0.3, 0.4) is 0 Å². The Bertz CT molecular complexity index is 1360. The van der Waals surface area contributed by atoms with Crippen LogP contribution in [0.5, 0.6) is 5.75 Å². The molecule has 1 saturated carbocycles. The Balaban J connectivity index is 1.43. The summed E-state index contributed by atoms with van der Waals surface area (Å²) in [6.07, 6.45) is 4.49. The van der Waals surface area contributed by atoms with Gasteiger partial charge in [0.2, 0.25) is 5.91 Å². The molecule has 6 rings (SSSR count). The van der Waals surface area contributed by atoms with Crippen LogP contribution >= 0.6 is 0 Å². The lowest BCUT2D eigenvalue weighted by atomic mass is 9.68. The van der Waals surface area contributed by atoms with Gasteiger partial charge in [-0.3, -0.25) is 4.79 Å². The van der Waals surface area contributed by atoms with E-state index in [9.17, 15) is 18.5 Å². The average molecular weight is 526 g/mol. The summed E-state index contributed by atoms with van der Waals surface area (Å²) < 4.78 is 35.7. The highest BCUT2D eigenvalue weighted by atomic mass is 32.2. The lowest BCUT2D eigenvalue weighted by Gasteiger charge is -2.50. The van der Waals surface area contributed by atoms with E-state index >= 15 is 0 Å². The zero-order valence-corrected chi connectivity index (χ0v) is 21.7. The first-order valence-electron chi connectivity index (χ1n) is 13.0. The summed E-state index contributed by atoms with van der Waals surface area (Å²) in [6, 6.07) is 11.4. The number of benzene rings is 2. The first-order chi connectivity index (χ1) is 18.0. The average Bonchev–Trinajstić information content (AvgIpc) is 3.27. The number of piperidine rings is 1. The predicted molar refractivity (Wildman–Crippen MR) is 139 cm³/mol. The van der Waals surface area contributed by atoms with Crippen LogP contribution in [-0.4, -0.2) is 62.8 Å². The number of likely N-dealkylation sites (tertiary alicyclic amines) is 1. The summed E-state index contributed by atoms with van der Waals surface area (Å²) in [4.78, 5) is 18.6. The number of aliphatic hydroxyl groups is 1. The van der Waals surface area contributed by atoms with E-state index in [2.05, 4.69) is 4.98 Å². The third kappa shape index (κ3) is 3.99. The Morgan fingerprint density at radius 1 is 1.22 bits per heavy atom. The number of nitrogens with zero attached hydrogens (tertiary/aromatic N) is 2. The van der Waals surface area contributed by atoms with Crippen LogP contribution in [0.2, 0.25) is 0 Å². The SMILES string of the molecule is COc1ccc2c3c([nH]c2c1)C(CO)N(S(=O)c1ccccc1F)CC31CCN(C(=O)C2CCC2)CC1. The maximum atomic E-state index is 14.7. The summed E-state index contributed by atoms with van der Waals surface area (Å²) >= 11 is 0. The summed E-state index contributed by atoms with van der Waals surface area (Å²) in [5.41, 5.74) is 2.40. The van der Waals surface area contributed by atoms with Crippen LogP contribution in [-0.2, 0) is 21.2 Å². The number of aliphatic hydroxyl groups excluding tert-OH is 1. The molecule has 37 heavy (non-hydrogen) atoms. The minimum absolute atomic E-state index is 0.106. The number of ether oxygens (including phenoxy) is 1. The fourth-order valence-corrected chi connectivity index (χ4v) is 7.77. The van der Waals surface area contributed by atoms with E-state index in [1.165, 1.54) is 12.1 Å². The second kappa shape index (κ2) is 9.53. The van der Waals surface area contributed by atoms with Crippen molar-refractivity contribution < 1.29 is 23.2 Å². The summed E-state index contributed by atoms with van der Waals surface area (Å²) in [5, 5.41) is 11.6. The highest BCUT2D eigenvalue weighted by molar-refractivity contribution is 7.82. The zero-order chi connectivity index (χ0) is 25.7. The Labute approximate surface area is 218 Å². The number of fused-ring (bicyclic) bond motifs is 4. The maximum Gasteiger partial charge on any atom is 0.225 e. The molecule has 7 nitrogen and oxygen atoms in total. The number of methoxy groups -OCH3 is 1. The number of H-pyrrole nitrogens is 1. The van der Waals surface area contributed by atoms with Gasteiger partial charge in [0.1, 0.15) is 22.6 Å². The highest BCUT2D eigenvalue weighted by Crippen LogP contribution is 2.50. The fraction of sp³-hybridized carbons (Fsp3) is 0.464. The normalized spacial score (nSPS) is 22.6. The number of aromatic nitrogens is 1. The van der Waals surface area contributed by atoms with Gasteiger partial charge in [-0.25, -0.2) is 12.9 Å². The molecular formula is C28H32FN3O4S. The van der Waals surface area contributed by atoms with Crippen molar-refractivity contribution in [3.05, 3.63) is 59.5 Å². The first-order valence-corrected chi connectivity index (χ1v) is 14.1. The van der Waals surface area contributed by atoms with Crippen molar-refractivity contribution in [1.29, 1.82) is 0 Å². The first kappa shape index (κ1) is 24.6. The monoisotopic (exact) mass is 525 g/mol. The van der Waals surface area contributed by atoms with Crippen molar-refractivity contribution in [2.24, 2.45) is 5.92 Å². The van der Waals surface area contributed by atoms with Gasteiger partial charge in [0.05, 0.1) is 24.7 Å². The van der Waals surface area contributed by atoms with E-state index in [4.69, 9.17) is 4.74 Å². The fourth-order valence-electron chi connectivity index (χ4n) is 6.32. The van der Waals surface area contributed by atoms with Crippen molar-refractivity contribution in [3.8, 4) is 5.75 Å². The molecule has 2 atom stereocenters. The summed E-state index contributed by atoms with van der Waals surface area (Å²) in [5.74, 6) is 0.592. The molecule has 9 heteroatoms. The number of rotatable bonds is 5. The molecule has 3 aliphatic rings.